The number of carbonyl (C=O) groups excluding carboxylic acids is 2. The summed E-state index contributed by atoms with van der Waals surface area (Å²) in [7, 11) is 0. The second-order valence-electron chi connectivity index (χ2n) is 5.17. The van der Waals surface area contributed by atoms with Gasteiger partial charge in [-0.2, -0.15) is 0 Å². The first kappa shape index (κ1) is 10.9. The lowest BCUT2D eigenvalue weighted by atomic mass is 9.77. The highest BCUT2D eigenvalue weighted by Gasteiger charge is 2.60. The number of epoxide rings is 1. The van der Waals surface area contributed by atoms with Gasteiger partial charge in [-0.3, -0.25) is 9.59 Å². The molecule has 2 aliphatic carbocycles. The Morgan fingerprint density at radius 3 is 2.53 bits per heavy atom. The second-order valence-corrected chi connectivity index (χ2v) is 5.17. The molecule has 19 heavy (non-hydrogen) atoms. The van der Waals surface area contributed by atoms with Gasteiger partial charge in [-0.15, -0.1) is 0 Å². The summed E-state index contributed by atoms with van der Waals surface area (Å²) < 4.78 is 5.70. The predicted octanol–water partition coefficient (Wildman–Crippen LogP) is 2.48. The maximum Gasteiger partial charge on any atom is 0.194 e. The predicted molar refractivity (Wildman–Crippen MR) is 69.2 cm³/mol. The average molecular weight is 252 g/mol. The fourth-order valence-corrected chi connectivity index (χ4v) is 3.07. The molecule has 3 aliphatic rings. The molecule has 1 aromatic rings. The molecule has 0 spiro atoms. The van der Waals surface area contributed by atoms with Crippen molar-refractivity contribution in [2.24, 2.45) is 0 Å². The highest BCUT2D eigenvalue weighted by Crippen LogP contribution is 2.51. The van der Waals surface area contributed by atoms with Crippen LogP contribution in [0.15, 0.2) is 47.6 Å². The number of carbonyl (C=O) groups is 2. The van der Waals surface area contributed by atoms with E-state index in [1.165, 1.54) is 0 Å². The van der Waals surface area contributed by atoms with Gasteiger partial charge in [0.25, 0.3) is 0 Å². The topological polar surface area (TPSA) is 46.7 Å². The van der Waals surface area contributed by atoms with E-state index in [0.29, 0.717) is 22.3 Å². The molecule has 0 bridgehead atoms. The van der Waals surface area contributed by atoms with Crippen LogP contribution >= 0.6 is 0 Å². The van der Waals surface area contributed by atoms with E-state index in [4.69, 9.17) is 4.74 Å². The summed E-state index contributed by atoms with van der Waals surface area (Å²) in [5.41, 5.74) is 1.71. The van der Waals surface area contributed by atoms with E-state index in [-0.39, 0.29) is 23.3 Å². The molecule has 94 valence electrons. The standard InChI is InChI=1S/C16H12O3/c1-2-16-8-7-11-12(15(16)19-16)14(18)10-6-4-3-5-9(10)13(11)17/h3-8,15H,2H2,1H3. The first-order valence-electron chi connectivity index (χ1n) is 6.47. The van der Waals surface area contributed by atoms with Gasteiger partial charge < -0.3 is 4.74 Å². The van der Waals surface area contributed by atoms with Crippen LogP contribution in [-0.4, -0.2) is 23.3 Å². The Hall–Kier alpha value is -2.00. The fraction of sp³-hybridized carbons (Fsp3) is 0.250. The highest BCUT2D eigenvalue weighted by atomic mass is 16.6. The Bertz CT molecular complexity index is 696. The summed E-state index contributed by atoms with van der Waals surface area (Å²) in [5.74, 6) is -0.128. The van der Waals surface area contributed by atoms with Crippen LogP contribution in [0.5, 0.6) is 0 Å². The molecular formula is C16H12O3. The van der Waals surface area contributed by atoms with Crippen molar-refractivity contribution < 1.29 is 14.3 Å². The zero-order valence-corrected chi connectivity index (χ0v) is 10.5. The summed E-state index contributed by atoms with van der Waals surface area (Å²) in [5, 5.41) is 0. The Morgan fingerprint density at radius 2 is 1.84 bits per heavy atom. The minimum Gasteiger partial charge on any atom is -0.356 e. The zero-order chi connectivity index (χ0) is 13.2. The quantitative estimate of drug-likeness (QED) is 0.721. The van der Waals surface area contributed by atoms with E-state index < -0.39 is 0 Å². The number of hydrogen-bond acceptors (Lipinski definition) is 3. The Labute approximate surface area is 110 Å². The van der Waals surface area contributed by atoms with Gasteiger partial charge in [0.2, 0.25) is 0 Å². The molecule has 1 saturated heterocycles. The number of ether oxygens (including phenoxy) is 1. The van der Waals surface area contributed by atoms with Crippen LogP contribution in [-0.2, 0) is 4.74 Å². The summed E-state index contributed by atoms with van der Waals surface area (Å²) in [6.07, 6.45) is 4.27. The van der Waals surface area contributed by atoms with E-state index in [9.17, 15) is 9.59 Å². The lowest BCUT2D eigenvalue weighted by Crippen LogP contribution is -2.29. The fourth-order valence-electron chi connectivity index (χ4n) is 3.07. The van der Waals surface area contributed by atoms with Crippen molar-refractivity contribution in [2.45, 2.75) is 25.0 Å². The first-order chi connectivity index (χ1) is 9.18. The number of fused-ring (bicyclic) bond motifs is 3. The summed E-state index contributed by atoms with van der Waals surface area (Å²) in [6, 6.07) is 7.00. The molecule has 4 rings (SSSR count). The molecule has 3 nitrogen and oxygen atoms in total. The monoisotopic (exact) mass is 252 g/mol. The number of rotatable bonds is 1. The van der Waals surface area contributed by atoms with Gasteiger partial charge in [0, 0.05) is 22.3 Å². The van der Waals surface area contributed by atoms with E-state index in [1.807, 2.05) is 13.0 Å². The van der Waals surface area contributed by atoms with Crippen molar-refractivity contribution in [3.05, 3.63) is 58.7 Å². The molecule has 0 amide bonds. The Balaban J connectivity index is 1.92. The van der Waals surface area contributed by atoms with Gasteiger partial charge >= 0.3 is 0 Å². The first-order valence-corrected chi connectivity index (χ1v) is 6.47. The van der Waals surface area contributed by atoms with Crippen molar-refractivity contribution >= 4 is 11.6 Å². The van der Waals surface area contributed by atoms with Crippen LogP contribution in [0.4, 0.5) is 0 Å². The Morgan fingerprint density at radius 1 is 1.16 bits per heavy atom. The Kier molecular flexibility index (Phi) is 1.89. The molecule has 2 atom stereocenters. The molecule has 0 saturated carbocycles. The van der Waals surface area contributed by atoms with E-state index in [1.54, 1.807) is 30.3 Å². The van der Waals surface area contributed by atoms with Crippen molar-refractivity contribution in [2.75, 3.05) is 0 Å². The van der Waals surface area contributed by atoms with Crippen molar-refractivity contribution in [1.82, 2.24) is 0 Å². The normalized spacial score (nSPS) is 30.9. The molecule has 0 N–H and O–H groups in total. The van der Waals surface area contributed by atoms with Gasteiger partial charge in [-0.05, 0) is 12.5 Å². The smallest absolute Gasteiger partial charge is 0.194 e. The number of ketones is 2. The molecule has 0 aromatic heterocycles. The van der Waals surface area contributed by atoms with E-state index >= 15 is 0 Å². The molecule has 0 radical (unpaired) electrons. The molecular weight excluding hydrogens is 240 g/mol. The van der Waals surface area contributed by atoms with Gasteiger partial charge in [0.15, 0.2) is 11.6 Å². The number of allylic oxidation sites excluding steroid dienone is 2. The third-order valence-electron chi connectivity index (χ3n) is 4.27. The van der Waals surface area contributed by atoms with E-state index in [2.05, 4.69) is 0 Å². The SMILES string of the molecule is CCC12C=CC3=C(C(=O)c4ccccc4C3=O)C1O2. The summed E-state index contributed by atoms with van der Waals surface area (Å²) in [4.78, 5) is 25.0. The minimum atomic E-state index is -0.346. The molecule has 1 aliphatic heterocycles. The average Bonchev–Trinajstić information content (AvgIpc) is 3.19. The van der Waals surface area contributed by atoms with Gasteiger partial charge in [-0.25, -0.2) is 0 Å². The van der Waals surface area contributed by atoms with Crippen LogP contribution in [0.2, 0.25) is 0 Å². The molecule has 1 heterocycles. The number of hydrogen-bond donors (Lipinski definition) is 0. The number of benzene rings is 1. The highest BCUT2D eigenvalue weighted by molar-refractivity contribution is 6.28. The van der Waals surface area contributed by atoms with Crippen LogP contribution in [0.3, 0.4) is 0 Å². The summed E-state index contributed by atoms with van der Waals surface area (Å²) in [6.45, 7) is 2.03. The largest absolute Gasteiger partial charge is 0.356 e. The third kappa shape index (κ3) is 1.21. The third-order valence-corrected chi connectivity index (χ3v) is 4.27. The lowest BCUT2D eigenvalue weighted by Gasteiger charge is -2.21. The lowest BCUT2D eigenvalue weighted by molar-refractivity contribution is 0.0971. The zero-order valence-electron chi connectivity index (χ0n) is 10.5. The second kappa shape index (κ2) is 3.31. The van der Waals surface area contributed by atoms with Gasteiger partial charge in [-0.1, -0.05) is 37.3 Å². The number of Topliss-reactive ketones (excluding diaryl/α,β-unsaturated/α-hetero) is 2. The van der Waals surface area contributed by atoms with Gasteiger partial charge in [0.1, 0.15) is 11.7 Å². The molecule has 2 unspecified atom stereocenters. The van der Waals surface area contributed by atoms with Crippen molar-refractivity contribution in [3.8, 4) is 0 Å². The van der Waals surface area contributed by atoms with Crippen LogP contribution in [0, 0.1) is 0 Å². The van der Waals surface area contributed by atoms with Crippen molar-refractivity contribution in [1.29, 1.82) is 0 Å². The maximum atomic E-state index is 12.6. The molecule has 1 aromatic carbocycles. The minimum absolute atomic E-state index is 0.0603. The van der Waals surface area contributed by atoms with Crippen LogP contribution < -0.4 is 0 Å². The molecule has 3 heteroatoms. The van der Waals surface area contributed by atoms with Crippen LogP contribution in [0.1, 0.15) is 34.1 Å². The molecule has 1 fully saturated rings. The van der Waals surface area contributed by atoms with Crippen LogP contribution in [0.25, 0.3) is 0 Å². The van der Waals surface area contributed by atoms with Crippen molar-refractivity contribution in [3.63, 3.8) is 0 Å². The van der Waals surface area contributed by atoms with E-state index in [0.717, 1.165) is 6.42 Å². The summed E-state index contributed by atoms with van der Waals surface area (Å²) >= 11 is 0. The van der Waals surface area contributed by atoms with Gasteiger partial charge in [0.05, 0.1) is 0 Å². The maximum absolute atomic E-state index is 12.6.